The largest absolute Gasteiger partial charge is 0.496 e. The predicted molar refractivity (Wildman–Crippen MR) is 96.8 cm³/mol. The van der Waals surface area contributed by atoms with E-state index < -0.39 is 0 Å². The molecule has 0 unspecified atom stereocenters. The molecule has 2 aliphatic heterocycles. The van der Waals surface area contributed by atoms with Crippen molar-refractivity contribution in [3.05, 3.63) is 29.3 Å². The molecule has 0 aromatic heterocycles. The van der Waals surface area contributed by atoms with E-state index >= 15 is 0 Å². The maximum absolute atomic E-state index is 12.9. The Morgan fingerprint density at radius 2 is 1.96 bits per heavy atom. The molecule has 0 atom stereocenters. The molecule has 0 radical (unpaired) electrons. The van der Waals surface area contributed by atoms with Crippen LogP contribution in [-0.4, -0.2) is 54.9 Å². The summed E-state index contributed by atoms with van der Waals surface area (Å²) < 4.78 is 5.40. The van der Waals surface area contributed by atoms with Crippen molar-refractivity contribution in [2.24, 2.45) is 5.41 Å². The zero-order valence-corrected chi connectivity index (χ0v) is 15.5. The molecule has 136 valence electrons. The first kappa shape index (κ1) is 17.8. The molecular weight excluding hydrogens is 316 g/mol. The average Bonchev–Trinajstić information content (AvgIpc) is 2.64. The van der Waals surface area contributed by atoms with Crippen LogP contribution < -0.4 is 4.74 Å². The van der Waals surface area contributed by atoms with Crippen LogP contribution in [0.2, 0.25) is 0 Å². The Morgan fingerprint density at radius 3 is 2.60 bits per heavy atom. The summed E-state index contributed by atoms with van der Waals surface area (Å²) in [5.74, 6) is 0.965. The standard InChI is InChI=1S/C20H28N2O3/c1-4-21-14-20(8-7-18(21)23)9-11-22(12-10-20)19(24)16-6-5-15(2)13-17(16)25-3/h5-6,13H,4,7-12,14H2,1-3H3. The lowest BCUT2D eigenvalue weighted by molar-refractivity contribution is -0.138. The van der Waals surface area contributed by atoms with E-state index in [9.17, 15) is 9.59 Å². The van der Waals surface area contributed by atoms with Crippen LogP contribution >= 0.6 is 0 Å². The molecule has 1 aromatic rings. The monoisotopic (exact) mass is 344 g/mol. The second-order valence-corrected chi connectivity index (χ2v) is 7.40. The van der Waals surface area contributed by atoms with E-state index in [2.05, 4.69) is 0 Å². The van der Waals surface area contributed by atoms with Gasteiger partial charge < -0.3 is 14.5 Å². The van der Waals surface area contributed by atoms with Gasteiger partial charge in [0.25, 0.3) is 5.91 Å². The fourth-order valence-corrected chi connectivity index (χ4v) is 4.13. The minimum Gasteiger partial charge on any atom is -0.496 e. The second-order valence-electron chi connectivity index (χ2n) is 7.40. The van der Waals surface area contributed by atoms with E-state index in [1.54, 1.807) is 7.11 Å². The first-order valence-corrected chi connectivity index (χ1v) is 9.20. The van der Waals surface area contributed by atoms with E-state index in [0.717, 1.165) is 51.0 Å². The van der Waals surface area contributed by atoms with E-state index in [4.69, 9.17) is 4.74 Å². The van der Waals surface area contributed by atoms with E-state index in [0.29, 0.717) is 17.7 Å². The van der Waals surface area contributed by atoms with Crippen LogP contribution in [0.4, 0.5) is 0 Å². The van der Waals surface area contributed by atoms with Gasteiger partial charge >= 0.3 is 0 Å². The first-order valence-electron chi connectivity index (χ1n) is 9.20. The van der Waals surface area contributed by atoms with Crippen molar-refractivity contribution < 1.29 is 14.3 Å². The van der Waals surface area contributed by atoms with Crippen LogP contribution in [-0.2, 0) is 4.79 Å². The van der Waals surface area contributed by atoms with Gasteiger partial charge in [-0.25, -0.2) is 0 Å². The van der Waals surface area contributed by atoms with Gasteiger partial charge in [-0.2, -0.15) is 0 Å². The molecule has 0 aliphatic carbocycles. The van der Waals surface area contributed by atoms with Gasteiger partial charge in [-0.3, -0.25) is 9.59 Å². The van der Waals surface area contributed by atoms with Crippen LogP contribution in [0, 0.1) is 12.3 Å². The number of nitrogens with zero attached hydrogens (tertiary/aromatic N) is 2. The van der Waals surface area contributed by atoms with Crippen molar-refractivity contribution in [2.45, 2.75) is 39.5 Å². The van der Waals surface area contributed by atoms with Crippen LogP contribution in [0.25, 0.3) is 0 Å². The summed E-state index contributed by atoms with van der Waals surface area (Å²) >= 11 is 0. The van der Waals surface area contributed by atoms with Gasteiger partial charge in [-0.15, -0.1) is 0 Å². The summed E-state index contributed by atoms with van der Waals surface area (Å²) in [5.41, 5.74) is 1.91. The lowest BCUT2D eigenvalue weighted by atomic mass is 9.72. The normalized spacial score (nSPS) is 20.0. The molecule has 1 aromatic carbocycles. The van der Waals surface area contributed by atoms with Crippen LogP contribution in [0.1, 0.15) is 48.5 Å². The molecule has 2 fully saturated rings. The Bertz CT molecular complexity index is 663. The van der Waals surface area contributed by atoms with Gasteiger partial charge in [0.2, 0.25) is 5.91 Å². The summed E-state index contributed by atoms with van der Waals surface area (Å²) in [6.07, 6.45) is 3.54. The molecule has 0 N–H and O–H groups in total. The zero-order chi connectivity index (χ0) is 18.0. The maximum Gasteiger partial charge on any atom is 0.257 e. The van der Waals surface area contributed by atoms with Crippen LogP contribution in [0.15, 0.2) is 18.2 Å². The average molecular weight is 344 g/mol. The van der Waals surface area contributed by atoms with Gasteiger partial charge in [-0.1, -0.05) is 6.07 Å². The highest BCUT2D eigenvalue weighted by Gasteiger charge is 2.41. The number of carbonyl (C=O) groups is 2. The number of ether oxygens (including phenoxy) is 1. The number of hydrogen-bond acceptors (Lipinski definition) is 3. The molecule has 2 saturated heterocycles. The van der Waals surface area contributed by atoms with Gasteiger partial charge in [0.05, 0.1) is 12.7 Å². The summed E-state index contributed by atoms with van der Waals surface area (Å²) in [5, 5.41) is 0. The molecular formula is C20H28N2O3. The number of likely N-dealkylation sites (tertiary alicyclic amines) is 2. The Kier molecular flexibility index (Phi) is 5.02. The fourth-order valence-electron chi connectivity index (χ4n) is 4.13. The van der Waals surface area contributed by atoms with Crippen molar-refractivity contribution in [3.8, 4) is 5.75 Å². The van der Waals surface area contributed by atoms with Gasteiger partial charge in [-0.05, 0) is 56.2 Å². The highest BCUT2D eigenvalue weighted by molar-refractivity contribution is 5.97. The smallest absolute Gasteiger partial charge is 0.257 e. The molecule has 1 spiro atoms. The number of hydrogen-bond donors (Lipinski definition) is 0. The Balaban J connectivity index is 1.68. The Hall–Kier alpha value is -2.04. The zero-order valence-electron chi connectivity index (χ0n) is 15.5. The van der Waals surface area contributed by atoms with E-state index in [1.807, 2.05) is 41.8 Å². The number of methoxy groups -OCH3 is 1. The molecule has 3 rings (SSSR count). The van der Waals surface area contributed by atoms with Gasteiger partial charge in [0, 0.05) is 32.6 Å². The molecule has 0 saturated carbocycles. The summed E-state index contributed by atoms with van der Waals surface area (Å²) in [6, 6.07) is 5.72. The number of amides is 2. The molecule has 2 amide bonds. The second kappa shape index (κ2) is 7.06. The number of rotatable bonds is 3. The van der Waals surface area contributed by atoms with Crippen molar-refractivity contribution >= 4 is 11.8 Å². The number of aryl methyl sites for hydroxylation is 1. The number of benzene rings is 1. The lowest BCUT2D eigenvalue weighted by Crippen LogP contribution is -2.52. The Morgan fingerprint density at radius 1 is 1.24 bits per heavy atom. The molecule has 0 bridgehead atoms. The third kappa shape index (κ3) is 3.51. The fraction of sp³-hybridized carbons (Fsp3) is 0.600. The van der Waals surface area contributed by atoms with Crippen molar-refractivity contribution in [3.63, 3.8) is 0 Å². The highest BCUT2D eigenvalue weighted by atomic mass is 16.5. The summed E-state index contributed by atoms with van der Waals surface area (Å²) in [7, 11) is 1.61. The maximum atomic E-state index is 12.9. The third-order valence-electron chi connectivity index (χ3n) is 5.83. The van der Waals surface area contributed by atoms with Crippen molar-refractivity contribution in [1.82, 2.24) is 9.80 Å². The first-order chi connectivity index (χ1) is 12.0. The predicted octanol–water partition coefficient (Wildman–Crippen LogP) is 2.87. The SMILES string of the molecule is CCN1CC2(CCC1=O)CCN(C(=O)c1ccc(C)cc1OC)CC2. The van der Waals surface area contributed by atoms with Gasteiger partial charge in [0.1, 0.15) is 5.75 Å². The minimum atomic E-state index is 0.0472. The molecule has 5 heteroatoms. The molecule has 25 heavy (non-hydrogen) atoms. The lowest BCUT2D eigenvalue weighted by Gasteiger charge is -2.47. The van der Waals surface area contributed by atoms with Crippen LogP contribution in [0.5, 0.6) is 5.75 Å². The minimum absolute atomic E-state index is 0.0472. The summed E-state index contributed by atoms with van der Waals surface area (Å²) in [6.45, 7) is 7.16. The number of piperidine rings is 2. The van der Waals surface area contributed by atoms with Crippen LogP contribution in [0.3, 0.4) is 0 Å². The third-order valence-corrected chi connectivity index (χ3v) is 5.83. The summed E-state index contributed by atoms with van der Waals surface area (Å²) in [4.78, 5) is 28.8. The Labute approximate surface area is 149 Å². The quantitative estimate of drug-likeness (QED) is 0.847. The number of carbonyl (C=O) groups excluding carboxylic acids is 2. The van der Waals surface area contributed by atoms with E-state index in [1.165, 1.54) is 0 Å². The topological polar surface area (TPSA) is 49.9 Å². The molecule has 5 nitrogen and oxygen atoms in total. The van der Waals surface area contributed by atoms with Crippen molar-refractivity contribution in [2.75, 3.05) is 33.3 Å². The molecule has 2 heterocycles. The van der Waals surface area contributed by atoms with E-state index in [-0.39, 0.29) is 17.2 Å². The molecule has 2 aliphatic rings. The van der Waals surface area contributed by atoms with Crippen molar-refractivity contribution in [1.29, 1.82) is 0 Å². The highest BCUT2D eigenvalue weighted by Crippen LogP contribution is 2.40. The van der Waals surface area contributed by atoms with Gasteiger partial charge in [0.15, 0.2) is 0 Å².